The summed E-state index contributed by atoms with van der Waals surface area (Å²) in [5.74, 6) is -0.0269. The smallest absolute Gasteiger partial charge is 0.249 e. The molecule has 1 amide bonds. The largest absolute Gasteiger partial charge is 0.381 e. The molecule has 6 heteroatoms. The maximum absolute atomic E-state index is 12.5. The van der Waals surface area contributed by atoms with Gasteiger partial charge in [0, 0.05) is 37.9 Å². The second-order valence-electron chi connectivity index (χ2n) is 7.45. The fourth-order valence-electron chi connectivity index (χ4n) is 3.86. The van der Waals surface area contributed by atoms with Gasteiger partial charge < -0.3 is 25.8 Å². The van der Waals surface area contributed by atoms with E-state index in [9.17, 15) is 4.79 Å². The third-order valence-electron chi connectivity index (χ3n) is 5.54. The van der Waals surface area contributed by atoms with E-state index in [2.05, 4.69) is 41.8 Å². The molecule has 2 saturated heterocycles. The lowest BCUT2D eigenvalue weighted by Gasteiger charge is -2.40. The van der Waals surface area contributed by atoms with Crippen LogP contribution in [0.2, 0.25) is 0 Å². The Kier molecular flexibility index (Phi) is 6.64. The van der Waals surface area contributed by atoms with Crippen LogP contribution in [0.25, 0.3) is 0 Å². The molecule has 2 heterocycles. The molecular weight excluding hydrogens is 330 g/mol. The van der Waals surface area contributed by atoms with Gasteiger partial charge in [-0.25, -0.2) is 0 Å². The monoisotopic (exact) mass is 361 g/mol. The van der Waals surface area contributed by atoms with Crippen LogP contribution in [0, 0.1) is 0 Å². The molecule has 0 radical (unpaired) electrons. The standard InChI is InChI=1S/C20H31N3O3/c1-15(16-5-3-2-4-6-16)23-20(9-11-25-12-10-20)14-22-19(24)18-8-7-17(13-21)26-18/h2-6,15,17-18,23H,7-14,21H2,1H3,(H,22,24)/t15?,17-,18+/m1/s1. The second kappa shape index (κ2) is 8.95. The van der Waals surface area contributed by atoms with E-state index >= 15 is 0 Å². The minimum atomic E-state index is -0.369. The summed E-state index contributed by atoms with van der Waals surface area (Å²) in [5, 5.41) is 6.87. The lowest BCUT2D eigenvalue weighted by atomic mass is 9.88. The molecule has 0 bridgehead atoms. The summed E-state index contributed by atoms with van der Waals surface area (Å²) in [7, 11) is 0. The van der Waals surface area contributed by atoms with Crippen LogP contribution < -0.4 is 16.4 Å². The van der Waals surface area contributed by atoms with Gasteiger partial charge in [-0.1, -0.05) is 30.3 Å². The second-order valence-corrected chi connectivity index (χ2v) is 7.45. The van der Waals surface area contributed by atoms with Gasteiger partial charge in [0.2, 0.25) is 5.91 Å². The van der Waals surface area contributed by atoms with Crippen LogP contribution in [0.4, 0.5) is 0 Å². The number of rotatable bonds is 7. The van der Waals surface area contributed by atoms with Gasteiger partial charge in [-0.15, -0.1) is 0 Å². The molecule has 1 aromatic carbocycles. The van der Waals surface area contributed by atoms with Crippen LogP contribution in [-0.2, 0) is 14.3 Å². The molecule has 2 fully saturated rings. The minimum absolute atomic E-state index is 0.0130. The van der Waals surface area contributed by atoms with Crippen LogP contribution in [0.1, 0.15) is 44.2 Å². The molecule has 0 aromatic heterocycles. The highest BCUT2D eigenvalue weighted by molar-refractivity contribution is 5.81. The molecule has 1 aromatic rings. The first-order valence-electron chi connectivity index (χ1n) is 9.65. The van der Waals surface area contributed by atoms with E-state index in [0.29, 0.717) is 26.3 Å². The maximum Gasteiger partial charge on any atom is 0.249 e. The van der Waals surface area contributed by atoms with E-state index in [0.717, 1.165) is 25.7 Å². The SMILES string of the molecule is CC(NC1(CNC(=O)[C@@H]2CC[C@H](CN)O2)CCOCC1)c1ccccc1. The summed E-state index contributed by atoms with van der Waals surface area (Å²) in [6.07, 6.45) is 3.00. The Labute approximate surface area is 155 Å². The third kappa shape index (κ3) is 4.82. The van der Waals surface area contributed by atoms with Crippen molar-refractivity contribution in [3.8, 4) is 0 Å². The number of nitrogens with one attached hydrogen (secondary N) is 2. The highest BCUT2D eigenvalue weighted by Gasteiger charge is 2.36. The number of amides is 1. The number of benzene rings is 1. The average molecular weight is 361 g/mol. The number of nitrogens with two attached hydrogens (primary N) is 1. The van der Waals surface area contributed by atoms with E-state index in [4.69, 9.17) is 15.2 Å². The van der Waals surface area contributed by atoms with Crippen LogP contribution in [0.3, 0.4) is 0 Å². The highest BCUT2D eigenvalue weighted by Crippen LogP contribution is 2.25. The Balaban J connectivity index is 1.59. The topological polar surface area (TPSA) is 85.6 Å². The zero-order valence-electron chi connectivity index (χ0n) is 15.6. The van der Waals surface area contributed by atoms with Crippen LogP contribution in [-0.4, -0.2) is 50.0 Å². The van der Waals surface area contributed by atoms with E-state index in [1.807, 2.05) is 6.07 Å². The van der Waals surface area contributed by atoms with Crippen LogP contribution in [0.15, 0.2) is 30.3 Å². The van der Waals surface area contributed by atoms with Crippen molar-refractivity contribution in [2.24, 2.45) is 5.73 Å². The van der Waals surface area contributed by atoms with Gasteiger partial charge >= 0.3 is 0 Å². The summed E-state index contributed by atoms with van der Waals surface area (Å²) in [4.78, 5) is 12.5. The van der Waals surface area contributed by atoms with Crippen molar-refractivity contribution in [2.75, 3.05) is 26.3 Å². The van der Waals surface area contributed by atoms with E-state index in [1.54, 1.807) is 0 Å². The van der Waals surface area contributed by atoms with Gasteiger partial charge in [-0.05, 0) is 38.2 Å². The van der Waals surface area contributed by atoms with Crippen molar-refractivity contribution < 1.29 is 14.3 Å². The number of hydrogen-bond acceptors (Lipinski definition) is 5. The van der Waals surface area contributed by atoms with Gasteiger partial charge in [0.1, 0.15) is 6.10 Å². The summed E-state index contributed by atoms with van der Waals surface area (Å²) in [5.41, 5.74) is 6.72. The zero-order valence-corrected chi connectivity index (χ0v) is 15.6. The summed E-state index contributed by atoms with van der Waals surface area (Å²) < 4.78 is 11.3. The number of carbonyl (C=O) groups is 1. The Morgan fingerprint density at radius 1 is 1.27 bits per heavy atom. The molecule has 26 heavy (non-hydrogen) atoms. The molecule has 4 N–H and O–H groups in total. The lowest BCUT2D eigenvalue weighted by Crippen LogP contribution is -2.58. The average Bonchev–Trinajstić information content (AvgIpc) is 3.17. The molecule has 1 unspecified atom stereocenters. The first kappa shape index (κ1) is 19.3. The predicted molar refractivity (Wildman–Crippen MR) is 101 cm³/mol. The Hall–Kier alpha value is -1.47. The van der Waals surface area contributed by atoms with E-state index < -0.39 is 0 Å². The van der Waals surface area contributed by atoms with Crippen molar-refractivity contribution >= 4 is 5.91 Å². The van der Waals surface area contributed by atoms with Crippen LogP contribution in [0.5, 0.6) is 0 Å². The minimum Gasteiger partial charge on any atom is -0.381 e. The summed E-state index contributed by atoms with van der Waals surface area (Å²) >= 11 is 0. The van der Waals surface area contributed by atoms with Crippen LogP contribution >= 0.6 is 0 Å². The van der Waals surface area contributed by atoms with Crippen molar-refractivity contribution in [1.29, 1.82) is 0 Å². The normalized spacial score (nSPS) is 26.4. The molecule has 0 saturated carbocycles. The molecular formula is C20H31N3O3. The van der Waals surface area contributed by atoms with Crippen molar-refractivity contribution in [1.82, 2.24) is 10.6 Å². The molecule has 144 valence electrons. The number of ether oxygens (including phenoxy) is 2. The summed E-state index contributed by atoms with van der Waals surface area (Å²) in [6, 6.07) is 10.6. The predicted octanol–water partition coefficient (Wildman–Crippen LogP) is 1.51. The fraction of sp³-hybridized carbons (Fsp3) is 0.650. The number of hydrogen-bond donors (Lipinski definition) is 3. The highest BCUT2D eigenvalue weighted by atomic mass is 16.5. The van der Waals surface area contributed by atoms with Gasteiger partial charge in [0.25, 0.3) is 0 Å². The van der Waals surface area contributed by atoms with Crippen molar-refractivity contribution in [3.05, 3.63) is 35.9 Å². The van der Waals surface area contributed by atoms with Gasteiger partial charge in [0.05, 0.1) is 6.10 Å². The first-order valence-corrected chi connectivity index (χ1v) is 9.65. The summed E-state index contributed by atoms with van der Waals surface area (Å²) in [6.45, 7) is 4.64. The van der Waals surface area contributed by atoms with Crippen molar-refractivity contribution in [3.63, 3.8) is 0 Å². The van der Waals surface area contributed by atoms with Gasteiger partial charge in [-0.2, -0.15) is 0 Å². The quantitative estimate of drug-likeness (QED) is 0.685. The zero-order chi connectivity index (χ0) is 18.4. The molecule has 2 aliphatic heterocycles. The third-order valence-corrected chi connectivity index (χ3v) is 5.54. The van der Waals surface area contributed by atoms with Gasteiger partial charge in [-0.3, -0.25) is 4.79 Å². The molecule has 0 spiro atoms. The Morgan fingerprint density at radius 3 is 2.65 bits per heavy atom. The van der Waals surface area contributed by atoms with Crippen molar-refractivity contribution in [2.45, 2.75) is 56.4 Å². The fourth-order valence-corrected chi connectivity index (χ4v) is 3.86. The molecule has 2 aliphatic rings. The molecule has 3 rings (SSSR count). The lowest BCUT2D eigenvalue weighted by molar-refractivity contribution is -0.132. The maximum atomic E-state index is 12.5. The van der Waals surface area contributed by atoms with E-state index in [-0.39, 0.29) is 29.7 Å². The first-order chi connectivity index (χ1) is 12.6. The van der Waals surface area contributed by atoms with Gasteiger partial charge in [0.15, 0.2) is 0 Å². The Bertz CT molecular complexity index is 575. The molecule has 0 aliphatic carbocycles. The molecule has 3 atom stereocenters. The number of carbonyl (C=O) groups excluding carboxylic acids is 1. The Morgan fingerprint density at radius 2 is 2.00 bits per heavy atom. The van der Waals surface area contributed by atoms with E-state index in [1.165, 1.54) is 5.56 Å². The molecule has 6 nitrogen and oxygen atoms in total.